The first-order valence-corrected chi connectivity index (χ1v) is 9.30. The zero-order valence-corrected chi connectivity index (χ0v) is 15.4. The summed E-state index contributed by atoms with van der Waals surface area (Å²) in [4.78, 5) is 18.4. The van der Waals surface area contributed by atoms with Crippen molar-refractivity contribution in [3.8, 4) is 0 Å². The lowest BCUT2D eigenvalue weighted by molar-refractivity contribution is 0.0536. The summed E-state index contributed by atoms with van der Waals surface area (Å²) in [6, 6.07) is 11.5. The van der Waals surface area contributed by atoms with Crippen molar-refractivity contribution >= 4 is 39.7 Å². The molecule has 2 aromatic heterocycles. The van der Waals surface area contributed by atoms with Gasteiger partial charge in [0.1, 0.15) is 17.7 Å². The molecule has 5 rings (SSSR count). The number of aromatic nitrogens is 3. The van der Waals surface area contributed by atoms with Crippen LogP contribution >= 0.6 is 11.6 Å². The molecular formula is C19H17ClN6O2. The van der Waals surface area contributed by atoms with Gasteiger partial charge in [-0.05, 0) is 18.6 Å². The zero-order valence-electron chi connectivity index (χ0n) is 14.7. The molecule has 2 aliphatic rings. The molecule has 3 heterocycles. The lowest BCUT2D eigenvalue weighted by Crippen LogP contribution is -2.34. The van der Waals surface area contributed by atoms with E-state index in [1.165, 1.54) is 6.33 Å². The monoisotopic (exact) mass is 396 g/mol. The van der Waals surface area contributed by atoms with Crippen LogP contribution in [0.3, 0.4) is 0 Å². The van der Waals surface area contributed by atoms with Crippen molar-refractivity contribution in [3.05, 3.63) is 53.6 Å². The number of hydrogen-bond donors (Lipinski definition) is 3. The number of halogens is 1. The largest absolute Gasteiger partial charge is 0.393 e. The highest BCUT2D eigenvalue weighted by Gasteiger charge is 2.51. The lowest BCUT2D eigenvalue weighted by atomic mass is 9.95. The van der Waals surface area contributed by atoms with Crippen molar-refractivity contribution in [2.24, 2.45) is 11.1 Å². The van der Waals surface area contributed by atoms with Crippen molar-refractivity contribution in [1.29, 1.82) is 0 Å². The molecule has 28 heavy (non-hydrogen) atoms. The molecule has 1 aliphatic heterocycles. The van der Waals surface area contributed by atoms with Gasteiger partial charge in [-0.2, -0.15) is 0 Å². The second-order valence-electron chi connectivity index (χ2n) is 6.94. The maximum absolute atomic E-state index is 10.7. The van der Waals surface area contributed by atoms with Gasteiger partial charge in [-0.3, -0.25) is 0 Å². The van der Waals surface area contributed by atoms with Crippen LogP contribution in [0, 0.1) is 5.92 Å². The minimum absolute atomic E-state index is 0.178. The number of nitrogens with zero attached hydrogens (tertiary/aromatic N) is 4. The molecule has 1 aromatic carbocycles. The molecule has 1 aliphatic carbocycles. The van der Waals surface area contributed by atoms with E-state index in [-0.39, 0.29) is 28.9 Å². The number of para-hydroxylation sites is 1. The normalized spacial score (nSPS) is 26.0. The Morgan fingerprint density at radius 3 is 2.93 bits per heavy atom. The van der Waals surface area contributed by atoms with Crippen LogP contribution in [0.15, 0.2) is 47.9 Å². The second-order valence-corrected chi connectivity index (χ2v) is 7.30. The van der Waals surface area contributed by atoms with Gasteiger partial charge in [-0.1, -0.05) is 41.0 Å². The second kappa shape index (κ2) is 6.57. The van der Waals surface area contributed by atoms with Gasteiger partial charge in [0, 0.05) is 5.39 Å². The minimum Gasteiger partial charge on any atom is -0.393 e. The Labute approximate surface area is 165 Å². The van der Waals surface area contributed by atoms with Crippen LogP contribution in [0.1, 0.15) is 12.1 Å². The van der Waals surface area contributed by atoms with Crippen LogP contribution < -0.4 is 11.1 Å². The van der Waals surface area contributed by atoms with Crippen LogP contribution in [-0.4, -0.2) is 44.0 Å². The first-order chi connectivity index (χ1) is 13.6. The molecule has 4 N–H and O–H groups in total. The molecule has 9 heteroatoms. The fraction of sp³-hybridized carbons (Fsp3) is 0.263. The molecule has 0 saturated heterocycles. The third-order valence-electron chi connectivity index (χ3n) is 5.27. The molecule has 0 spiro atoms. The van der Waals surface area contributed by atoms with E-state index in [4.69, 9.17) is 22.2 Å². The molecule has 4 atom stereocenters. The number of hydrogen-bond acceptors (Lipinski definition) is 8. The number of aliphatic hydroxyl groups excluding tert-OH is 1. The number of pyridine rings is 1. The van der Waals surface area contributed by atoms with Gasteiger partial charge in [0.2, 0.25) is 0 Å². The van der Waals surface area contributed by atoms with E-state index in [1.807, 2.05) is 36.4 Å². The number of fused-ring (bicyclic) bond motifs is 2. The third kappa shape index (κ3) is 2.73. The summed E-state index contributed by atoms with van der Waals surface area (Å²) in [6.07, 6.45) is 0.811. The Morgan fingerprint density at radius 2 is 2.04 bits per heavy atom. The topological polar surface area (TPSA) is 119 Å². The number of aliphatic hydroxyl groups is 1. The molecule has 1 saturated carbocycles. The first-order valence-electron chi connectivity index (χ1n) is 8.92. The molecule has 0 amide bonds. The van der Waals surface area contributed by atoms with Crippen LogP contribution in [-0.2, 0) is 4.84 Å². The van der Waals surface area contributed by atoms with Gasteiger partial charge in [0.15, 0.2) is 17.1 Å². The van der Waals surface area contributed by atoms with Crippen LogP contribution in [0.5, 0.6) is 0 Å². The zero-order chi connectivity index (χ0) is 19.3. The minimum atomic E-state index is -0.629. The highest BCUT2D eigenvalue weighted by atomic mass is 35.5. The summed E-state index contributed by atoms with van der Waals surface area (Å²) >= 11 is 5.96. The predicted molar refractivity (Wildman–Crippen MR) is 106 cm³/mol. The van der Waals surface area contributed by atoms with Gasteiger partial charge in [-0.25, -0.2) is 15.0 Å². The Bertz CT molecular complexity index is 1090. The van der Waals surface area contributed by atoms with E-state index < -0.39 is 6.10 Å². The van der Waals surface area contributed by atoms with Gasteiger partial charge in [0.25, 0.3) is 0 Å². The SMILES string of the molecule is Nc1c(Cl)ncnc1NC1CC(O)C2C(c3ccc4ccccc4n3)=NOC12. The smallest absolute Gasteiger partial charge is 0.158 e. The number of benzene rings is 1. The highest BCUT2D eigenvalue weighted by Crippen LogP contribution is 2.38. The summed E-state index contributed by atoms with van der Waals surface area (Å²) < 4.78 is 0. The fourth-order valence-electron chi connectivity index (χ4n) is 3.90. The van der Waals surface area contributed by atoms with E-state index in [2.05, 4.69) is 25.4 Å². The summed E-state index contributed by atoms with van der Waals surface area (Å²) in [6.45, 7) is 0. The van der Waals surface area contributed by atoms with Gasteiger partial charge in [-0.15, -0.1) is 0 Å². The van der Waals surface area contributed by atoms with E-state index in [1.54, 1.807) is 0 Å². The fourth-order valence-corrected chi connectivity index (χ4v) is 4.03. The number of oxime groups is 1. The average molecular weight is 397 g/mol. The maximum atomic E-state index is 10.7. The number of nitrogens with two attached hydrogens (primary N) is 1. The molecule has 4 unspecified atom stereocenters. The summed E-state index contributed by atoms with van der Waals surface area (Å²) in [5.41, 5.74) is 8.43. The van der Waals surface area contributed by atoms with Crippen LogP contribution in [0.4, 0.5) is 11.5 Å². The van der Waals surface area contributed by atoms with Gasteiger partial charge in [0.05, 0.1) is 29.3 Å². The highest BCUT2D eigenvalue weighted by molar-refractivity contribution is 6.32. The molecule has 1 fully saturated rings. The van der Waals surface area contributed by atoms with Gasteiger partial charge < -0.3 is 21.0 Å². The third-order valence-corrected chi connectivity index (χ3v) is 5.57. The average Bonchev–Trinajstić information content (AvgIpc) is 3.27. The van der Waals surface area contributed by atoms with Crippen LogP contribution in [0.25, 0.3) is 10.9 Å². The summed E-state index contributed by atoms with van der Waals surface area (Å²) in [7, 11) is 0. The molecule has 0 bridgehead atoms. The Morgan fingerprint density at radius 1 is 1.18 bits per heavy atom. The van der Waals surface area contributed by atoms with Crippen LogP contribution in [0.2, 0.25) is 5.15 Å². The van der Waals surface area contributed by atoms with E-state index >= 15 is 0 Å². The molecular weight excluding hydrogens is 380 g/mol. The Kier molecular flexibility index (Phi) is 4.03. The van der Waals surface area contributed by atoms with Crippen molar-refractivity contribution in [3.63, 3.8) is 0 Å². The van der Waals surface area contributed by atoms with Crippen molar-refractivity contribution < 1.29 is 9.94 Å². The Hall–Kier alpha value is -2.97. The number of nitrogens with one attached hydrogen (secondary N) is 1. The molecule has 3 aromatic rings. The molecule has 0 radical (unpaired) electrons. The summed E-state index contributed by atoms with van der Waals surface area (Å²) in [5, 5.41) is 19.4. The van der Waals surface area contributed by atoms with E-state index in [0.29, 0.717) is 23.6 Å². The van der Waals surface area contributed by atoms with Crippen molar-refractivity contribution in [2.75, 3.05) is 11.1 Å². The molecule has 142 valence electrons. The van der Waals surface area contributed by atoms with Crippen molar-refractivity contribution in [2.45, 2.75) is 24.7 Å². The lowest BCUT2D eigenvalue weighted by Gasteiger charge is -2.19. The number of anilines is 2. The Balaban J connectivity index is 1.42. The predicted octanol–water partition coefficient (Wildman–Crippen LogP) is 2.22. The number of nitrogen functional groups attached to an aromatic ring is 1. The standard InChI is InChI=1S/C19H17ClN6O2/c20-18-15(21)19(23-8-22-18)25-12-7-13(27)14-16(26-28-17(12)14)11-6-5-9-3-1-2-4-10(9)24-11/h1-6,8,12-14,17,27H,7,21H2,(H,22,23,25). The quantitative estimate of drug-likeness (QED) is 0.581. The van der Waals surface area contributed by atoms with Crippen molar-refractivity contribution in [1.82, 2.24) is 15.0 Å². The van der Waals surface area contributed by atoms with E-state index in [9.17, 15) is 5.11 Å². The first kappa shape index (κ1) is 17.2. The maximum Gasteiger partial charge on any atom is 0.158 e. The molecule has 8 nitrogen and oxygen atoms in total. The van der Waals surface area contributed by atoms with Gasteiger partial charge >= 0.3 is 0 Å². The summed E-state index contributed by atoms with van der Waals surface area (Å²) in [5.74, 6) is 0.128. The number of rotatable bonds is 3. The van der Waals surface area contributed by atoms with E-state index in [0.717, 1.165) is 10.9 Å².